The number of nitrogens with zero attached hydrogens (tertiary/aromatic N) is 4. The molecule has 1 N–H and O–H groups in total. The van der Waals surface area contributed by atoms with Crippen LogP contribution in [0.15, 0.2) is 54.7 Å². The summed E-state index contributed by atoms with van der Waals surface area (Å²) in [6, 6.07) is 16.4. The van der Waals surface area contributed by atoms with Crippen LogP contribution in [-0.2, 0) is 22.4 Å². The number of anilines is 1. The predicted molar refractivity (Wildman–Crippen MR) is 151 cm³/mol. The van der Waals surface area contributed by atoms with Crippen molar-refractivity contribution in [2.75, 3.05) is 38.2 Å². The predicted octanol–water partition coefficient (Wildman–Crippen LogP) is 4.15. The minimum Gasteiger partial charge on any atom is -0.365 e. The summed E-state index contributed by atoms with van der Waals surface area (Å²) in [5.41, 5.74) is 4.81. The molecule has 2 aliphatic heterocycles. The molecule has 39 heavy (non-hydrogen) atoms. The molecule has 0 bridgehead atoms. The fourth-order valence-corrected chi connectivity index (χ4v) is 5.55. The average Bonchev–Trinajstić information content (AvgIpc) is 3.46. The smallest absolute Gasteiger partial charge is 0.257 e. The fourth-order valence-electron chi connectivity index (χ4n) is 5.42. The van der Waals surface area contributed by atoms with Gasteiger partial charge in [0.15, 0.2) is 6.10 Å². The summed E-state index contributed by atoms with van der Waals surface area (Å²) in [6.45, 7) is 3.85. The van der Waals surface area contributed by atoms with Crippen LogP contribution in [0, 0.1) is 6.92 Å². The zero-order valence-electron chi connectivity index (χ0n) is 22.4. The summed E-state index contributed by atoms with van der Waals surface area (Å²) < 4.78 is 5.59. The first-order chi connectivity index (χ1) is 18.9. The number of benzene rings is 2. The number of carbonyl (C=O) groups is 2. The number of rotatable bonds is 7. The Balaban J connectivity index is 1.45. The standard InChI is InChI=1S/C30H34ClN5O3/c1-20-6-3-4-7-21(20)11-14-25-24(29(38)35-16-17-39-27(19-35)28(37)32-2)18-33-30(34-25)36-15-5-8-26(36)22-9-12-23(31)13-10-22/h3-4,6-7,9-10,12-13,18,26-27H,5,8,11,14-17,19H2,1-2H3,(H,32,37)/t26-,27-/m0/s1. The van der Waals surface area contributed by atoms with Crippen molar-refractivity contribution in [2.24, 2.45) is 0 Å². The summed E-state index contributed by atoms with van der Waals surface area (Å²) in [5, 5.41) is 3.32. The number of nitrogens with one attached hydrogen (secondary N) is 1. The lowest BCUT2D eigenvalue weighted by Crippen LogP contribution is -2.51. The lowest BCUT2D eigenvalue weighted by atomic mass is 10.0. The van der Waals surface area contributed by atoms with Crippen LogP contribution in [0.5, 0.6) is 0 Å². The van der Waals surface area contributed by atoms with Crippen molar-refractivity contribution in [2.45, 2.75) is 44.8 Å². The minimum atomic E-state index is -0.687. The van der Waals surface area contributed by atoms with Crippen LogP contribution in [0.2, 0.25) is 5.02 Å². The maximum atomic E-state index is 13.7. The second-order valence-electron chi connectivity index (χ2n) is 10.1. The zero-order chi connectivity index (χ0) is 27.4. The van der Waals surface area contributed by atoms with Gasteiger partial charge in [0.25, 0.3) is 11.8 Å². The molecule has 0 aliphatic carbocycles. The van der Waals surface area contributed by atoms with E-state index in [1.165, 1.54) is 16.7 Å². The minimum absolute atomic E-state index is 0.153. The number of amides is 2. The molecule has 0 radical (unpaired) electrons. The van der Waals surface area contributed by atoms with Gasteiger partial charge in [-0.2, -0.15) is 0 Å². The molecule has 204 valence electrons. The number of hydrogen-bond donors (Lipinski definition) is 1. The monoisotopic (exact) mass is 547 g/mol. The molecule has 0 spiro atoms. The first-order valence-corrected chi connectivity index (χ1v) is 13.9. The third kappa shape index (κ3) is 6.07. The Hall–Kier alpha value is -3.49. The van der Waals surface area contributed by atoms with Crippen LogP contribution in [0.3, 0.4) is 0 Å². The lowest BCUT2D eigenvalue weighted by Gasteiger charge is -2.32. The second-order valence-corrected chi connectivity index (χ2v) is 10.5. The average molecular weight is 548 g/mol. The molecule has 2 aromatic carbocycles. The highest BCUT2D eigenvalue weighted by molar-refractivity contribution is 6.30. The summed E-state index contributed by atoms with van der Waals surface area (Å²) >= 11 is 6.13. The highest BCUT2D eigenvalue weighted by Gasteiger charge is 2.32. The molecule has 2 atom stereocenters. The van der Waals surface area contributed by atoms with Crippen LogP contribution in [0.25, 0.3) is 0 Å². The van der Waals surface area contributed by atoms with Gasteiger partial charge in [-0.3, -0.25) is 9.59 Å². The van der Waals surface area contributed by atoms with Gasteiger partial charge in [0, 0.05) is 31.4 Å². The Bertz CT molecular complexity index is 1330. The van der Waals surface area contributed by atoms with Crippen molar-refractivity contribution < 1.29 is 14.3 Å². The molecule has 2 fully saturated rings. The molecular formula is C30H34ClN5O3. The maximum absolute atomic E-state index is 13.7. The van der Waals surface area contributed by atoms with Crippen molar-refractivity contribution in [1.82, 2.24) is 20.2 Å². The third-order valence-electron chi connectivity index (χ3n) is 7.63. The fraction of sp³-hybridized carbons (Fsp3) is 0.400. The SMILES string of the molecule is CNC(=O)[C@@H]1CN(C(=O)c2cnc(N3CCC[C@H]3c3ccc(Cl)cc3)nc2CCc2ccccc2C)CCO1. The number of carbonyl (C=O) groups excluding carboxylic acids is 2. The molecule has 0 saturated carbocycles. The van der Waals surface area contributed by atoms with E-state index in [9.17, 15) is 9.59 Å². The van der Waals surface area contributed by atoms with E-state index in [0.29, 0.717) is 36.1 Å². The van der Waals surface area contributed by atoms with E-state index in [2.05, 4.69) is 41.4 Å². The van der Waals surface area contributed by atoms with E-state index >= 15 is 0 Å². The Morgan fingerprint density at radius 3 is 2.67 bits per heavy atom. The highest BCUT2D eigenvalue weighted by atomic mass is 35.5. The van der Waals surface area contributed by atoms with Crippen molar-refractivity contribution in [1.29, 1.82) is 0 Å². The molecule has 8 nitrogen and oxygen atoms in total. The number of ether oxygens (including phenoxy) is 1. The van der Waals surface area contributed by atoms with Gasteiger partial charge in [0.05, 0.1) is 30.5 Å². The summed E-state index contributed by atoms with van der Waals surface area (Å²) in [5.74, 6) is 0.226. The normalized spacial score (nSPS) is 19.3. The van der Waals surface area contributed by atoms with Crippen molar-refractivity contribution in [3.05, 3.63) is 87.7 Å². The van der Waals surface area contributed by atoms with Crippen molar-refractivity contribution in [3.63, 3.8) is 0 Å². The van der Waals surface area contributed by atoms with Crippen LogP contribution < -0.4 is 10.2 Å². The van der Waals surface area contributed by atoms with Crippen LogP contribution in [0.1, 0.15) is 51.6 Å². The van der Waals surface area contributed by atoms with Gasteiger partial charge in [0.2, 0.25) is 5.95 Å². The van der Waals surface area contributed by atoms with Crippen molar-refractivity contribution >= 4 is 29.4 Å². The molecule has 5 rings (SSSR count). The third-order valence-corrected chi connectivity index (χ3v) is 7.89. The van der Waals surface area contributed by atoms with E-state index in [1.54, 1.807) is 18.1 Å². The van der Waals surface area contributed by atoms with E-state index < -0.39 is 6.10 Å². The van der Waals surface area contributed by atoms with Gasteiger partial charge in [-0.15, -0.1) is 0 Å². The molecule has 1 aromatic heterocycles. The first-order valence-electron chi connectivity index (χ1n) is 13.5. The van der Waals surface area contributed by atoms with Crippen LogP contribution in [-0.4, -0.2) is 66.1 Å². The number of hydrogen-bond acceptors (Lipinski definition) is 6. The van der Waals surface area contributed by atoms with Gasteiger partial charge in [-0.25, -0.2) is 9.97 Å². The first kappa shape index (κ1) is 27.1. The molecule has 2 aliphatic rings. The largest absolute Gasteiger partial charge is 0.365 e. The number of halogens is 1. The van der Waals surface area contributed by atoms with Gasteiger partial charge in [-0.05, 0) is 61.4 Å². The van der Waals surface area contributed by atoms with Gasteiger partial charge in [0.1, 0.15) is 0 Å². The Kier molecular flexibility index (Phi) is 8.43. The molecule has 2 amide bonds. The second kappa shape index (κ2) is 12.1. The Morgan fingerprint density at radius 1 is 1.10 bits per heavy atom. The Morgan fingerprint density at radius 2 is 1.90 bits per heavy atom. The molecule has 3 aromatic rings. The number of likely N-dealkylation sites (N-methyl/N-ethyl adjacent to an activating group) is 1. The summed E-state index contributed by atoms with van der Waals surface area (Å²) in [4.78, 5) is 39.5. The molecular weight excluding hydrogens is 514 g/mol. The van der Waals surface area contributed by atoms with Gasteiger partial charge < -0.3 is 19.9 Å². The summed E-state index contributed by atoms with van der Waals surface area (Å²) in [6.07, 6.45) is 4.37. The molecule has 2 saturated heterocycles. The highest BCUT2D eigenvalue weighted by Crippen LogP contribution is 2.35. The van der Waals surface area contributed by atoms with Gasteiger partial charge in [-0.1, -0.05) is 48.0 Å². The Labute approximate surface area is 234 Å². The lowest BCUT2D eigenvalue weighted by molar-refractivity contribution is -0.136. The number of aromatic nitrogens is 2. The van der Waals surface area contributed by atoms with E-state index in [0.717, 1.165) is 31.5 Å². The quantitative estimate of drug-likeness (QED) is 0.478. The molecule has 9 heteroatoms. The van der Waals surface area contributed by atoms with E-state index in [1.807, 2.05) is 24.3 Å². The topological polar surface area (TPSA) is 87.7 Å². The van der Waals surface area contributed by atoms with Crippen LogP contribution >= 0.6 is 11.6 Å². The zero-order valence-corrected chi connectivity index (χ0v) is 23.2. The maximum Gasteiger partial charge on any atom is 0.257 e. The number of aryl methyl sites for hydroxylation is 3. The van der Waals surface area contributed by atoms with Crippen molar-refractivity contribution in [3.8, 4) is 0 Å². The van der Waals surface area contributed by atoms with E-state index in [-0.39, 0.29) is 24.4 Å². The number of morpholine rings is 1. The molecule has 3 heterocycles. The van der Waals surface area contributed by atoms with Gasteiger partial charge >= 0.3 is 0 Å². The molecule has 0 unspecified atom stereocenters. The van der Waals surface area contributed by atoms with E-state index in [4.69, 9.17) is 26.3 Å². The summed E-state index contributed by atoms with van der Waals surface area (Å²) in [7, 11) is 1.57. The van der Waals surface area contributed by atoms with Crippen LogP contribution in [0.4, 0.5) is 5.95 Å².